The van der Waals surface area contributed by atoms with E-state index >= 15 is 0 Å². The van der Waals surface area contributed by atoms with E-state index in [9.17, 15) is 19.2 Å². The summed E-state index contributed by atoms with van der Waals surface area (Å²) in [4.78, 5) is 47.0. The molecule has 0 atom stereocenters. The van der Waals surface area contributed by atoms with Gasteiger partial charge >= 0.3 is 18.0 Å². The quantitative estimate of drug-likeness (QED) is 0.169. The number of ether oxygens (including phenoxy) is 3. The highest BCUT2D eigenvalue weighted by Gasteiger charge is 2.21. The van der Waals surface area contributed by atoms with Crippen LogP contribution in [-0.4, -0.2) is 55.6 Å². The Morgan fingerprint density at radius 3 is 1.76 bits per heavy atom. The predicted molar refractivity (Wildman–Crippen MR) is 163 cm³/mol. The third kappa shape index (κ3) is 14.1. The molecule has 10 nitrogen and oxygen atoms in total. The number of amides is 1. The number of nitrogens with zero attached hydrogens (tertiary/aromatic N) is 1. The fourth-order valence-corrected chi connectivity index (χ4v) is 3.59. The highest BCUT2D eigenvalue weighted by molar-refractivity contribution is 5.88. The molecular weight excluding hydrogens is 540 g/mol. The smallest absolute Gasteiger partial charge is 0.412 e. The van der Waals surface area contributed by atoms with E-state index in [0.717, 1.165) is 33.6 Å². The van der Waals surface area contributed by atoms with Crippen LogP contribution in [-0.2, 0) is 39.4 Å². The molecule has 2 aromatic carbocycles. The second kappa shape index (κ2) is 18.4. The van der Waals surface area contributed by atoms with Crippen molar-refractivity contribution < 1.29 is 38.5 Å². The summed E-state index contributed by atoms with van der Waals surface area (Å²) in [5.74, 6) is -1.13. The van der Waals surface area contributed by atoms with Gasteiger partial charge in [-0.1, -0.05) is 77.9 Å². The summed E-state index contributed by atoms with van der Waals surface area (Å²) >= 11 is 0. The fraction of sp³-hybridized carbons (Fsp3) is 0.500. The average Bonchev–Trinajstić information content (AvgIpc) is 2.89. The summed E-state index contributed by atoms with van der Waals surface area (Å²) in [5.41, 5.74) is 5.42. The van der Waals surface area contributed by atoms with Crippen LogP contribution in [0.2, 0.25) is 0 Å². The number of hydrogen-bond donors (Lipinski definition) is 2. The molecule has 2 N–H and O–H groups in total. The normalized spacial score (nSPS) is 10.5. The SMILES string of the molecule is CCOC(=O)CO.CCOC(=O)COC(=O)Nc1c(C)cccc1C(C)(C)C.Cc1cccc(C(C)(C)C)c1N=C=O. The Bertz CT molecular complexity index is 1220. The lowest BCUT2D eigenvalue weighted by molar-refractivity contribution is -0.147. The maximum Gasteiger partial charge on any atom is 0.412 e. The summed E-state index contributed by atoms with van der Waals surface area (Å²) in [6.45, 7) is 19.4. The van der Waals surface area contributed by atoms with Gasteiger partial charge in [-0.2, -0.15) is 4.99 Å². The van der Waals surface area contributed by atoms with Crippen molar-refractivity contribution in [3.8, 4) is 0 Å². The summed E-state index contributed by atoms with van der Waals surface area (Å²) in [6, 6.07) is 11.8. The number of carbonyl (C=O) groups is 3. The second-order valence-corrected chi connectivity index (χ2v) is 11.1. The van der Waals surface area contributed by atoms with E-state index in [4.69, 9.17) is 14.6 Å². The van der Waals surface area contributed by atoms with E-state index in [-0.39, 0.29) is 17.4 Å². The van der Waals surface area contributed by atoms with Crippen molar-refractivity contribution in [1.29, 1.82) is 0 Å². The van der Waals surface area contributed by atoms with Crippen LogP contribution in [0.15, 0.2) is 41.4 Å². The zero-order chi connectivity index (χ0) is 32.5. The van der Waals surface area contributed by atoms with Crippen LogP contribution in [0.3, 0.4) is 0 Å². The Morgan fingerprint density at radius 2 is 1.31 bits per heavy atom. The third-order valence-electron chi connectivity index (χ3n) is 5.57. The molecule has 0 bridgehead atoms. The van der Waals surface area contributed by atoms with Gasteiger partial charge in [-0.3, -0.25) is 5.32 Å². The summed E-state index contributed by atoms with van der Waals surface area (Å²) < 4.78 is 13.9. The molecule has 0 saturated carbocycles. The van der Waals surface area contributed by atoms with Crippen LogP contribution < -0.4 is 5.32 Å². The minimum atomic E-state index is -0.664. The molecule has 232 valence electrons. The molecule has 0 heterocycles. The van der Waals surface area contributed by atoms with E-state index < -0.39 is 31.2 Å². The van der Waals surface area contributed by atoms with Gasteiger partial charge < -0.3 is 19.3 Å². The molecule has 0 aliphatic heterocycles. The molecule has 0 aromatic heterocycles. The number of esters is 2. The van der Waals surface area contributed by atoms with Crippen molar-refractivity contribution in [3.63, 3.8) is 0 Å². The summed E-state index contributed by atoms with van der Waals surface area (Å²) in [7, 11) is 0. The number of aliphatic hydroxyl groups is 1. The zero-order valence-corrected chi connectivity index (χ0v) is 26.5. The lowest BCUT2D eigenvalue weighted by atomic mass is 9.84. The van der Waals surface area contributed by atoms with Crippen LogP contribution >= 0.6 is 0 Å². The van der Waals surface area contributed by atoms with Crippen molar-refractivity contribution in [2.24, 2.45) is 4.99 Å². The molecule has 0 aliphatic carbocycles. The second-order valence-electron chi connectivity index (χ2n) is 11.1. The largest absolute Gasteiger partial charge is 0.464 e. The van der Waals surface area contributed by atoms with Gasteiger partial charge in [-0.15, -0.1) is 0 Å². The summed E-state index contributed by atoms with van der Waals surface area (Å²) in [6.07, 6.45) is 0.948. The minimum Gasteiger partial charge on any atom is -0.464 e. The standard InChI is InChI=1S/C16H23NO4.C12H15NO.C4H8O3/c1-6-20-13(18)10-21-15(19)17-14-11(2)8-7-9-12(14)16(3,4)5;1-9-6-5-7-10(12(2,3)4)11(9)13-8-14;1-2-7-4(6)3-5/h7-9H,6,10H2,1-5H3,(H,17,19);5-7H,1-4H3;5H,2-3H2,1H3. The first-order chi connectivity index (χ1) is 19.5. The number of aliphatic imine (C=N–C) groups is 1. The van der Waals surface area contributed by atoms with Crippen molar-refractivity contribution in [2.75, 3.05) is 31.7 Å². The Labute approximate surface area is 249 Å². The number of rotatable bonds is 7. The Balaban J connectivity index is 0.000000685. The average molecular weight is 587 g/mol. The Hall–Kier alpha value is -4.01. The van der Waals surface area contributed by atoms with E-state index in [2.05, 4.69) is 56.6 Å². The number of anilines is 1. The number of hydrogen-bond acceptors (Lipinski definition) is 9. The van der Waals surface area contributed by atoms with Crippen LogP contribution in [0.4, 0.5) is 16.2 Å². The lowest BCUT2D eigenvalue weighted by Crippen LogP contribution is -2.23. The van der Waals surface area contributed by atoms with E-state index in [1.807, 2.05) is 50.2 Å². The highest BCUT2D eigenvalue weighted by Crippen LogP contribution is 2.34. The van der Waals surface area contributed by atoms with E-state index in [1.54, 1.807) is 19.9 Å². The Morgan fingerprint density at radius 1 is 0.810 bits per heavy atom. The molecular formula is C32H46N2O8. The number of isocyanates is 1. The molecule has 0 unspecified atom stereocenters. The van der Waals surface area contributed by atoms with Gasteiger partial charge in [0.1, 0.15) is 6.61 Å². The van der Waals surface area contributed by atoms with Crippen molar-refractivity contribution in [1.82, 2.24) is 0 Å². The topological polar surface area (TPSA) is 141 Å². The number of nitrogens with one attached hydrogen (secondary N) is 1. The summed E-state index contributed by atoms with van der Waals surface area (Å²) in [5, 5.41) is 10.7. The molecule has 10 heteroatoms. The number of carbonyl (C=O) groups excluding carboxylic acids is 4. The minimum absolute atomic E-state index is 0.00169. The molecule has 0 aliphatic rings. The monoisotopic (exact) mass is 586 g/mol. The zero-order valence-electron chi connectivity index (χ0n) is 26.5. The molecule has 2 aromatic rings. The maximum absolute atomic E-state index is 11.8. The van der Waals surface area contributed by atoms with Gasteiger partial charge in [0, 0.05) is 0 Å². The molecule has 42 heavy (non-hydrogen) atoms. The highest BCUT2D eigenvalue weighted by atomic mass is 16.6. The number of benzene rings is 2. The molecule has 1 amide bonds. The van der Waals surface area contributed by atoms with Gasteiger partial charge in [0.2, 0.25) is 6.08 Å². The molecule has 0 radical (unpaired) electrons. The van der Waals surface area contributed by atoms with Gasteiger partial charge in [-0.25, -0.2) is 19.2 Å². The van der Waals surface area contributed by atoms with E-state index in [0.29, 0.717) is 6.61 Å². The lowest BCUT2D eigenvalue weighted by Gasteiger charge is -2.24. The molecule has 0 spiro atoms. The van der Waals surface area contributed by atoms with Crippen molar-refractivity contribution >= 4 is 35.5 Å². The van der Waals surface area contributed by atoms with Gasteiger partial charge in [0.25, 0.3) is 0 Å². The van der Waals surface area contributed by atoms with Gasteiger partial charge in [-0.05, 0) is 60.8 Å². The predicted octanol–water partition coefficient (Wildman–Crippen LogP) is 6.21. The first-order valence-electron chi connectivity index (χ1n) is 13.7. The van der Waals surface area contributed by atoms with Crippen LogP contribution in [0.25, 0.3) is 0 Å². The van der Waals surface area contributed by atoms with Crippen LogP contribution in [0.5, 0.6) is 0 Å². The number of aliphatic hydroxyl groups excluding tert-OH is 1. The van der Waals surface area contributed by atoms with Crippen molar-refractivity contribution in [2.45, 2.75) is 80.1 Å². The fourth-order valence-electron chi connectivity index (χ4n) is 3.59. The third-order valence-corrected chi connectivity index (χ3v) is 5.57. The molecule has 0 saturated heterocycles. The first-order valence-corrected chi connectivity index (χ1v) is 13.7. The number of para-hydroxylation sites is 2. The van der Waals surface area contributed by atoms with Crippen molar-refractivity contribution in [3.05, 3.63) is 58.7 Å². The number of aryl methyl sites for hydroxylation is 2. The van der Waals surface area contributed by atoms with Gasteiger partial charge in [0.05, 0.1) is 24.6 Å². The first kappa shape index (κ1) is 38.0. The van der Waals surface area contributed by atoms with E-state index in [1.165, 1.54) is 0 Å². The maximum atomic E-state index is 11.8. The molecule has 2 rings (SSSR count). The van der Waals surface area contributed by atoms with Crippen LogP contribution in [0, 0.1) is 13.8 Å². The molecule has 0 fully saturated rings. The van der Waals surface area contributed by atoms with Crippen LogP contribution in [0.1, 0.15) is 77.6 Å². The Kier molecular flexibility index (Phi) is 16.7. The van der Waals surface area contributed by atoms with Gasteiger partial charge in [0.15, 0.2) is 6.61 Å².